The molecule has 5 nitrogen and oxygen atoms in total. The van der Waals surface area contributed by atoms with Crippen molar-refractivity contribution in [3.05, 3.63) is 40.4 Å². The van der Waals surface area contributed by atoms with Crippen molar-refractivity contribution in [2.75, 3.05) is 0 Å². The van der Waals surface area contributed by atoms with Gasteiger partial charge in [-0.25, -0.2) is 0 Å². The van der Waals surface area contributed by atoms with Crippen LogP contribution in [0.1, 0.15) is 11.4 Å². The van der Waals surface area contributed by atoms with Crippen molar-refractivity contribution in [3.8, 4) is 5.75 Å². The van der Waals surface area contributed by atoms with Gasteiger partial charge in [0.1, 0.15) is 17.9 Å². The van der Waals surface area contributed by atoms with Crippen LogP contribution in [0.15, 0.2) is 29.0 Å². The van der Waals surface area contributed by atoms with Gasteiger partial charge in [-0.05, 0) is 22.0 Å². The second kappa shape index (κ2) is 5.29. The number of phenols is 1. The number of phenolic OH excluding ortho intramolecular Hbond substituents is 1. The van der Waals surface area contributed by atoms with Gasteiger partial charge < -0.3 is 15.0 Å². The Kier molecular flexibility index (Phi) is 3.75. The highest BCUT2D eigenvalue weighted by molar-refractivity contribution is 9.10. The lowest BCUT2D eigenvalue weighted by Gasteiger charge is -2.07. The number of hydrogen-bond donors (Lipinski definition) is 2. The molecular weight excluding hydrogens is 284 g/mol. The number of benzene rings is 1. The van der Waals surface area contributed by atoms with Crippen molar-refractivity contribution >= 4 is 15.9 Å². The van der Waals surface area contributed by atoms with E-state index in [9.17, 15) is 5.11 Å². The van der Waals surface area contributed by atoms with Gasteiger partial charge in [0.15, 0.2) is 0 Å². The van der Waals surface area contributed by atoms with E-state index >= 15 is 0 Å². The van der Waals surface area contributed by atoms with E-state index in [-0.39, 0.29) is 5.75 Å². The number of halogens is 1. The molecule has 1 heterocycles. The number of hydrogen-bond acceptors (Lipinski definition) is 4. The molecule has 6 heteroatoms. The molecule has 0 aliphatic carbocycles. The van der Waals surface area contributed by atoms with Crippen molar-refractivity contribution in [2.24, 2.45) is 7.05 Å². The molecule has 0 spiro atoms. The summed E-state index contributed by atoms with van der Waals surface area (Å²) in [7, 11) is 1.90. The number of nitrogens with one attached hydrogen (secondary N) is 1. The fourth-order valence-electron chi connectivity index (χ4n) is 1.48. The fraction of sp³-hybridized carbons (Fsp3) is 0.273. The van der Waals surface area contributed by atoms with E-state index in [1.807, 2.05) is 29.8 Å². The van der Waals surface area contributed by atoms with Gasteiger partial charge >= 0.3 is 0 Å². The van der Waals surface area contributed by atoms with Crippen molar-refractivity contribution in [3.63, 3.8) is 0 Å². The minimum absolute atomic E-state index is 0.276. The lowest BCUT2D eigenvalue weighted by Crippen LogP contribution is -2.15. The molecule has 1 aromatic heterocycles. The second-order valence-corrected chi connectivity index (χ2v) is 4.56. The average molecular weight is 297 g/mol. The average Bonchev–Trinajstić information content (AvgIpc) is 2.71. The molecule has 0 bridgehead atoms. The van der Waals surface area contributed by atoms with E-state index in [0.29, 0.717) is 17.6 Å². The van der Waals surface area contributed by atoms with Gasteiger partial charge in [-0.1, -0.05) is 12.1 Å². The summed E-state index contributed by atoms with van der Waals surface area (Å²) in [6, 6.07) is 5.58. The van der Waals surface area contributed by atoms with Crippen LogP contribution in [0.2, 0.25) is 0 Å². The van der Waals surface area contributed by atoms with Crippen LogP contribution in [-0.2, 0) is 20.1 Å². The number of para-hydroxylation sites is 1. The van der Waals surface area contributed by atoms with E-state index in [1.54, 1.807) is 6.33 Å². The summed E-state index contributed by atoms with van der Waals surface area (Å²) in [4.78, 5) is 0. The van der Waals surface area contributed by atoms with Crippen LogP contribution in [0, 0.1) is 0 Å². The SMILES string of the molecule is Cn1cnnc1CNCc1cccc(Br)c1O. The number of aryl methyl sites for hydroxylation is 1. The number of aromatic nitrogens is 3. The molecule has 0 radical (unpaired) electrons. The first kappa shape index (κ1) is 12.1. The summed E-state index contributed by atoms with van der Waals surface area (Å²) in [6.07, 6.45) is 1.66. The molecule has 1 aromatic carbocycles. The Bertz CT molecular complexity index is 512. The second-order valence-electron chi connectivity index (χ2n) is 3.71. The molecule has 2 aromatic rings. The van der Waals surface area contributed by atoms with Gasteiger partial charge in [0.05, 0.1) is 11.0 Å². The summed E-state index contributed by atoms with van der Waals surface area (Å²) in [5.41, 5.74) is 0.849. The number of nitrogens with zero attached hydrogens (tertiary/aromatic N) is 3. The van der Waals surface area contributed by atoms with Crippen LogP contribution in [0.4, 0.5) is 0 Å². The third-order valence-electron chi connectivity index (χ3n) is 2.47. The molecule has 0 unspecified atom stereocenters. The first-order chi connectivity index (χ1) is 8.18. The van der Waals surface area contributed by atoms with Crippen molar-refractivity contribution < 1.29 is 5.11 Å². The van der Waals surface area contributed by atoms with E-state index in [0.717, 1.165) is 11.4 Å². The monoisotopic (exact) mass is 296 g/mol. The highest BCUT2D eigenvalue weighted by atomic mass is 79.9. The molecular formula is C11H13BrN4O. The molecule has 0 amide bonds. The standard InChI is InChI=1S/C11H13BrN4O/c1-16-7-14-15-10(16)6-13-5-8-3-2-4-9(12)11(8)17/h2-4,7,13,17H,5-6H2,1H3. The van der Waals surface area contributed by atoms with Gasteiger partial charge in [-0.2, -0.15) is 0 Å². The Hall–Kier alpha value is -1.40. The zero-order chi connectivity index (χ0) is 12.3. The maximum Gasteiger partial charge on any atom is 0.146 e. The molecule has 0 saturated carbocycles. The third kappa shape index (κ3) is 2.83. The van der Waals surface area contributed by atoms with Gasteiger partial charge in [-0.3, -0.25) is 0 Å². The summed E-state index contributed by atoms with van der Waals surface area (Å²) in [5, 5.41) is 20.8. The van der Waals surface area contributed by atoms with Crippen molar-refractivity contribution in [1.29, 1.82) is 0 Å². The molecule has 2 N–H and O–H groups in total. The molecule has 0 aliphatic heterocycles. The predicted octanol–water partition coefficient (Wildman–Crippen LogP) is 1.57. The van der Waals surface area contributed by atoms with E-state index < -0.39 is 0 Å². The molecule has 2 rings (SSSR count). The topological polar surface area (TPSA) is 63.0 Å². The fourth-order valence-corrected chi connectivity index (χ4v) is 1.89. The van der Waals surface area contributed by atoms with Crippen LogP contribution in [0.5, 0.6) is 5.75 Å². The van der Waals surface area contributed by atoms with Crippen molar-refractivity contribution in [2.45, 2.75) is 13.1 Å². The Morgan fingerprint density at radius 2 is 2.24 bits per heavy atom. The largest absolute Gasteiger partial charge is 0.506 e. The Labute approximate surface area is 108 Å². The van der Waals surface area contributed by atoms with Gasteiger partial charge in [0, 0.05) is 19.2 Å². The first-order valence-electron chi connectivity index (χ1n) is 5.18. The number of rotatable bonds is 4. The van der Waals surface area contributed by atoms with Crippen LogP contribution in [0.25, 0.3) is 0 Å². The quantitative estimate of drug-likeness (QED) is 0.899. The Morgan fingerprint density at radius 3 is 2.94 bits per heavy atom. The smallest absolute Gasteiger partial charge is 0.146 e. The lowest BCUT2D eigenvalue weighted by molar-refractivity contribution is 0.460. The summed E-state index contributed by atoms with van der Waals surface area (Å²) < 4.78 is 2.56. The van der Waals surface area contributed by atoms with Crippen LogP contribution in [-0.4, -0.2) is 19.9 Å². The van der Waals surface area contributed by atoms with Gasteiger partial charge in [0.25, 0.3) is 0 Å². The molecule has 0 atom stereocenters. The lowest BCUT2D eigenvalue weighted by atomic mass is 10.2. The summed E-state index contributed by atoms with van der Waals surface area (Å²) in [6.45, 7) is 1.20. The number of aromatic hydroxyl groups is 1. The maximum absolute atomic E-state index is 9.79. The minimum atomic E-state index is 0.276. The molecule has 17 heavy (non-hydrogen) atoms. The Morgan fingerprint density at radius 1 is 1.41 bits per heavy atom. The van der Waals surface area contributed by atoms with E-state index in [1.165, 1.54) is 0 Å². The Balaban J connectivity index is 1.95. The van der Waals surface area contributed by atoms with Crippen LogP contribution < -0.4 is 5.32 Å². The predicted molar refractivity (Wildman–Crippen MR) is 67.4 cm³/mol. The van der Waals surface area contributed by atoms with Crippen molar-refractivity contribution in [1.82, 2.24) is 20.1 Å². The highest BCUT2D eigenvalue weighted by Crippen LogP contribution is 2.27. The molecule has 0 aliphatic rings. The maximum atomic E-state index is 9.79. The summed E-state index contributed by atoms with van der Waals surface area (Å²) in [5.74, 6) is 1.14. The van der Waals surface area contributed by atoms with E-state index in [4.69, 9.17) is 0 Å². The van der Waals surface area contributed by atoms with Crippen LogP contribution in [0.3, 0.4) is 0 Å². The third-order valence-corrected chi connectivity index (χ3v) is 3.11. The highest BCUT2D eigenvalue weighted by Gasteiger charge is 2.05. The molecule has 0 fully saturated rings. The zero-order valence-corrected chi connectivity index (χ0v) is 11.0. The van der Waals surface area contributed by atoms with Crippen LogP contribution >= 0.6 is 15.9 Å². The minimum Gasteiger partial charge on any atom is -0.506 e. The van der Waals surface area contributed by atoms with E-state index in [2.05, 4.69) is 31.4 Å². The normalized spacial score (nSPS) is 10.7. The molecule has 90 valence electrons. The molecule has 0 saturated heterocycles. The summed E-state index contributed by atoms with van der Waals surface area (Å²) >= 11 is 3.28. The first-order valence-corrected chi connectivity index (χ1v) is 5.97. The zero-order valence-electron chi connectivity index (χ0n) is 9.39. The van der Waals surface area contributed by atoms with Gasteiger partial charge in [0.2, 0.25) is 0 Å². The van der Waals surface area contributed by atoms with Gasteiger partial charge in [-0.15, -0.1) is 10.2 Å².